The van der Waals surface area contributed by atoms with Crippen molar-refractivity contribution in [2.45, 2.75) is 26.8 Å². The Labute approximate surface area is 121 Å². The average molecular weight is 292 g/mol. The predicted molar refractivity (Wildman–Crippen MR) is 76.5 cm³/mol. The fraction of sp³-hybridized carbons (Fsp3) is 0.385. The zero-order chi connectivity index (χ0) is 14.4. The number of carbonyl (C=O) groups excluding carboxylic acids is 1. The number of hydrogen-bond donors (Lipinski definition) is 1. The van der Waals surface area contributed by atoms with E-state index in [1.165, 1.54) is 17.7 Å². The maximum atomic E-state index is 11.3. The molecule has 0 aromatic carbocycles. The molecular formula is C13H16N4O2S. The molecule has 20 heavy (non-hydrogen) atoms. The Kier molecular flexibility index (Phi) is 5.00. The van der Waals surface area contributed by atoms with Crippen molar-refractivity contribution >= 4 is 23.1 Å². The summed E-state index contributed by atoms with van der Waals surface area (Å²) in [5.74, 6) is 0.517. The summed E-state index contributed by atoms with van der Waals surface area (Å²) >= 11 is 1.51. The summed E-state index contributed by atoms with van der Waals surface area (Å²) in [5, 5.41) is 5.95. The van der Waals surface area contributed by atoms with E-state index in [2.05, 4.69) is 20.3 Å². The molecule has 0 spiro atoms. The van der Waals surface area contributed by atoms with E-state index in [1.54, 1.807) is 6.92 Å². The Morgan fingerprint density at radius 3 is 3.05 bits per heavy atom. The van der Waals surface area contributed by atoms with E-state index in [0.29, 0.717) is 13.2 Å². The second-order valence-electron chi connectivity index (χ2n) is 4.11. The monoisotopic (exact) mass is 292 g/mol. The van der Waals surface area contributed by atoms with Gasteiger partial charge < -0.3 is 10.1 Å². The highest BCUT2D eigenvalue weighted by atomic mass is 32.1. The molecule has 6 nitrogen and oxygen atoms in total. The van der Waals surface area contributed by atoms with Crippen molar-refractivity contribution in [3.8, 4) is 0 Å². The Hall–Kier alpha value is -2.02. The molecule has 2 aromatic rings. The van der Waals surface area contributed by atoms with E-state index in [-0.39, 0.29) is 12.4 Å². The highest BCUT2D eigenvalue weighted by Crippen LogP contribution is 2.13. The largest absolute Gasteiger partial charge is 0.466 e. The molecule has 106 valence electrons. The molecule has 0 atom stereocenters. The lowest BCUT2D eigenvalue weighted by atomic mass is 10.3. The van der Waals surface area contributed by atoms with E-state index in [0.717, 1.165) is 22.2 Å². The second-order valence-corrected chi connectivity index (χ2v) is 5.06. The first-order valence-corrected chi connectivity index (χ1v) is 7.16. The molecule has 2 rings (SSSR count). The van der Waals surface area contributed by atoms with Gasteiger partial charge in [-0.1, -0.05) is 0 Å². The van der Waals surface area contributed by atoms with Crippen molar-refractivity contribution in [1.29, 1.82) is 0 Å². The third-order valence-electron chi connectivity index (χ3n) is 2.45. The summed E-state index contributed by atoms with van der Waals surface area (Å²) in [4.78, 5) is 23.9. The number of ether oxygens (including phenoxy) is 1. The molecule has 0 amide bonds. The second kappa shape index (κ2) is 6.95. The fourth-order valence-corrected chi connectivity index (χ4v) is 2.32. The van der Waals surface area contributed by atoms with E-state index in [1.807, 2.05) is 18.4 Å². The minimum atomic E-state index is -0.247. The van der Waals surface area contributed by atoms with Crippen LogP contribution in [0.5, 0.6) is 0 Å². The van der Waals surface area contributed by atoms with Gasteiger partial charge in [-0.05, 0) is 13.8 Å². The number of esters is 1. The van der Waals surface area contributed by atoms with Gasteiger partial charge in [0.05, 0.1) is 25.3 Å². The first-order valence-electron chi connectivity index (χ1n) is 6.28. The zero-order valence-corrected chi connectivity index (χ0v) is 12.2. The molecule has 0 fully saturated rings. The Morgan fingerprint density at radius 2 is 2.30 bits per heavy atom. The normalized spacial score (nSPS) is 10.3. The number of rotatable bonds is 6. The highest BCUT2D eigenvalue weighted by molar-refractivity contribution is 7.09. The van der Waals surface area contributed by atoms with Gasteiger partial charge in [-0.3, -0.25) is 4.79 Å². The number of carbonyl (C=O) groups is 1. The molecule has 0 aliphatic heterocycles. The van der Waals surface area contributed by atoms with Crippen molar-refractivity contribution in [3.63, 3.8) is 0 Å². The third kappa shape index (κ3) is 4.27. The molecule has 0 unspecified atom stereocenters. The van der Waals surface area contributed by atoms with Crippen LogP contribution >= 0.6 is 11.3 Å². The van der Waals surface area contributed by atoms with Gasteiger partial charge in [0.2, 0.25) is 0 Å². The quantitative estimate of drug-likeness (QED) is 0.820. The Morgan fingerprint density at radius 1 is 1.45 bits per heavy atom. The zero-order valence-electron chi connectivity index (χ0n) is 11.4. The number of anilines is 1. The maximum Gasteiger partial charge on any atom is 0.311 e. The Balaban J connectivity index is 1.88. The molecule has 2 heterocycles. The summed E-state index contributed by atoms with van der Waals surface area (Å²) in [6.45, 7) is 4.67. The lowest BCUT2D eigenvalue weighted by Crippen LogP contribution is -2.08. The van der Waals surface area contributed by atoms with E-state index < -0.39 is 0 Å². The van der Waals surface area contributed by atoms with Crippen molar-refractivity contribution in [2.75, 3.05) is 11.9 Å². The number of aryl methyl sites for hydroxylation is 1. The van der Waals surface area contributed by atoms with Crippen molar-refractivity contribution < 1.29 is 9.53 Å². The molecule has 0 saturated heterocycles. The number of nitrogens with one attached hydrogen (secondary N) is 1. The van der Waals surface area contributed by atoms with Gasteiger partial charge in [0.25, 0.3) is 0 Å². The van der Waals surface area contributed by atoms with Crippen LogP contribution in [0.1, 0.15) is 23.3 Å². The van der Waals surface area contributed by atoms with Gasteiger partial charge in [0.15, 0.2) is 0 Å². The molecule has 0 saturated carbocycles. The smallest absolute Gasteiger partial charge is 0.311 e. The molecule has 0 aliphatic carbocycles. The standard InChI is InChI=1S/C13H16N4O2S/c1-3-19-13(18)5-10-7-20-12(17-10)6-14-11-4-9(2)15-8-16-11/h4,7-8H,3,5-6H2,1-2H3,(H,14,15,16). The first kappa shape index (κ1) is 14.4. The summed E-state index contributed by atoms with van der Waals surface area (Å²) in [6, 6.07) is 1.87. The maximum absolute atomic E-state index is 11.3. The van der Waals surface area contributed by atoms with Crippen LogP contribution in [0.15, 0.2) is 17.8 Å². The molecular weight excluding hydrogens is 276 g/mol. The first-order chi connectivity index (χ1) is 9.67. The number of aromatic nitrogens is 3. The third-order valence-corrected chi connectivity index (χ3v) is 3.35. The number of thiazole rings is 1. The molecule has 2 aromatic heterocycles. The highest BCUT2D eigenvalue weighted by Gasteiger charge is 2.08. The van der Waals surface area contributed by atoms with Crippen molar-refractivity contribution in [3.05, 3.63) is 34.2 Å². The van der Waals surface area contributed by atoms with Gasteiger partial charge in [0.1, 0.15) is 17.2 Å². The molecule has 7 heteroatoms. The van der Waals surface area contributed by atoms with E-state index >= 15 is 0 Å². The fourth-order valence-electron chi connectivity index (χ4n) is 1.59. The Bertz CT molecular complexity index is 585. The van der Waals surface area contributed by atoms with Crippen LogP contribution in [0.25, 0.3) is 0 Å². The lowest BCUT2D eigenvalue weighted by Gasteiger charge is -2.03. The molecule has 0 bridgehead atoms. The summed E-state index contributed by atoms with van der Waals surface area (Å²) < 4.78 is 4.89. The minimum absolute atomic E-state index is 0.219. The number of nitrogens with zero attached hydrogens (tertiary/aromatic N) is 3. The SMILES string of the molecule is CCOC(=O)Cc1csc(CNc2cc(C)ncn2)n1. The lowest BCUT2D eigenvalue weighted by molar-refractivity contribution is -0.142. The molecule has 1 N–H and O–H groups in total. The average Bonchev–Trinajstić information content (AvgIpc) is 2.84. The van der Waals surface area contributed by atoms with Crippen molar-refractivity contribution in [1.82, 2.24) is 15.0 Å². The van der Waals surface area contributed by atoms with Crippen LogP contribution in [0, 0.1) is 6.92 Å². The minimum Gasteiger partial charge on any atom is -0.466 e. The van der Waals surface area contributed by atoms with Crippen molar-refractivity contribution in [2.24, 2.45) is 0 Å². The van der Waals surface area contributed by atoms with Crippen LogP contribution in [0.3, 0.4) is 0 Å². The van der Waals surface area contributed by atoms with Crippen LogP contribution in [-0.4, -0.2) is 27.5 Å². The van der Waals surface area contributed by atoms with Gasteiger partial charge in [-0.2, -0.15) is 0 Å². The van der Waals surface area contributed by atoms with Crippen LogP contribution in [-0.2, 0) is 22.5 Å². The van der Waals surface area contributed by atoms with Gasteiger partial charge in [0, 0.05) is 17.1 Å². The summed E-state index contributed by atoms with van der Waals surface area (Å²) in [6.07, 6.45) is 1.74. The molecule has 0 radical (unpaired) electrons. The topological polar surface area (TPSA) is 77.0 Å². The van der Waals surface area contributed by atoms with Crippen LogP contribution < -0.4 is 5.32 Å². The molecule has 0 aliphatic rings. The van der Waals surface area contributed by atoms with Gasteiger partial charge in [-0.25, -0.2) is 15.0 Å². The van der Waals surface area contributed by atoms with Crippen LogP contribution in [0.4, 0.5) is 5.82 Å². The summed E-state index contributed by atoms with van der Waals surface area (Å²) in [5.41, 5.74) is 1.65. The van der Waals surface area contributed by atoms with Crippen LogP contribution in [0.2, 0.25) is 0 Å². The predicted octanol–water partition coefficient (Wildman–Crippen LogP) is 1.96. The van der Waals surface area contributed by atoms with Gasteiger partial charge >= 0.3 is 5.97 Å². The summed E-state index contributed by atoms with van der Waals surface area (Å²) in [7, 11) is 0. The van der Waals surface area contributed by atoms with E-state index in [4.69, 9.17) is 4.74 Å². The number of hydrogen-bond acceptors (Lipinski definition) is 7. The van der Waals surface area contributed by atoms with E-state index in [9.17, 15) is 4.79 Å². The van der Waals surface area contributed by atoms with Gasteiger partial charge in [-0.15, -0.1) is 11.3 Å².